The van der Waals surface area contributed by atoms with Crippen LogP contribution in [0.1, 0.15) is 481 Å². The van der Waals surface area contributed by atoms with Crippen LogP contribution in [0, 0.1) is 17.8 Å². The van der Waals surface area contributed by atoms with E-state index < -0.39 is 6.04 Å². The second-order valence-corrected chi connectivity index (χ2v) is 31.2. The molecule has 4 atom stereocenters. The molecule has 4 unspecified atom stereocenters. The van der Waals surface area contributed by atoms with Gasteiger partial charge in [0.15, 0.2) is 5.78 Å². The molecule has 0 aromatic rings. The number of nitrogens with one attached hydrogen (secondary N) is 4. The lowest BCUT2D eigenvalue weighted by molar-refractivity contribution is -0.127. The Kier molecular flexibility index (Phi) is 114. The molecule has 0 aromatic carbocycles. The molecule has 0 saturated heterocycles. The van der Waals surface area contributed by atoms with Crippen LogP contribution < -0.4 is 44.2 Å². The van der Waals surface area contributed by atoms with Gasteiger partial charge in [-0.15, -0.1) is 0 Å². The average Bonchev–Trinajstić information content (AvgIpc) is 0.936. The van der Waals surface area contributed by atoms with Gasteiger partial charge in [-0.25, -0.2) is 0 Å². The molecule has 0 aliphatic heterocycles. The Bertz CT molecular complexity index is 1860. The van der Waals surface area contributed by atoms with Crippen molar-refractivity contribution in [1.82, 2.24) is 21.3 Å². The van der Waals surface area contributed by atoms with Crippen molar-refractivity contribution in [2.75, 3.05) is 47.3 Å². The molecule has 0 heterocycles. The quantitative estimate of drug-likeness (QED) is 0.0264. The van der Waals surface area contributed by atoms with Crippen LogP contribution in [0.2, 0.25) is 0 Å². The van der Waals surface area contributed by atoms with Gasteiger partial charge in [0, 0.05) is 96.8 Å². The van der Waals surface area contributed by atoms with Gasteiger partial charge in [0.05, 0.1) is 6.04 Å². The molecular weight excluding hydrogens is 1360 g/mol. The highest BCUT2D eigenvalue weighted by atomic mass is 16.2. The summed E-state index contributed by atoms with van der Waals surface area (Å²) in [6.07, 6.45) is 73.1. The Labute approximate surface area is 677 Å². The number of carbonyl (C=O) groups is 8. The lowest BCUT2D eigenvalue weighted by atomic mass is 9.96. The molecule has 0 radical (unpaired) electrons. The standard InChI is InChI=1S/C18H36N2O2.C18H37NO.3C13H27NO.2C9H19NO/c1-3-5-6-7-8-9-10-11-12-14-18(22)20-16(15-19)17(21)13-4-2;1-3-4-5-6-7-8-9-10-11-12-15-18(20)17(2)14-13-16-19;1-3-4-5-6-7-10-13(15)12(2)9-8-11-14;2*1-3-4-5-6-7-8-9-10-11-12-13(15)14-2;1-3-5-9(11)8(2)6-4-7-10;1-3-4-5-6-7-8-9(11)10-2/h16H,3-15,19H2,1-2H3,(H,20,22);17H,3-16,19H2,1-2H3;12H,3-11,14H2,1-2H3;2*3-12H2,1-2H3,(H,14,15);8H,3-7,10H2,1-2H3;3-8H2,1-2H3,(H,10,11). The maximum Gasteiger partial charge on any atom is 0.220 e. The van der Waals surface area contributed by atoms with Gasteiger partial charge >= 0.3 is 0 Å². The maximum atomic E-state index is 11.8. The fraction of sp³-hybridized carbons (Fsp3) is 0.914. The molecule has 0 fully saturated rings. The van der Waals surface area contributed by atoms with Crippen LogP contribution in [0.25, 0.3) is 0 Å². The Hall–Kier alpha value is -3.60. The zero-order chi connectivity index (χ0) is 83.1. The highest BCUT2D eigenvalue weighted by Crippen LogP contribution is 2.18. The molecule has 109 heavy (non-hydrogen) atoms. The Morgan fingerprint density at radius 2 is 0.404 bits per heavy atom. The summed E-state index contributed by atoms with van der Waals surface area (Å²) in [5.41, 5.74) is 21.8. The molecule has 0 aromatic heterocycles. The van der Waals surface area contributed by atoms with Gasteiger partial charge in [-0.05, 0) is 110 Å². The third-order valence-electron chi connectivity index (χ3n) is 20.3. The first-order chi connectivity index (χ1) is 52.7. The zero-order valence-corrected chi connectivity index (χ0v) is 75.3. The van der Waals surface area contributed by atoms with E-state index in [1.165, 1.54) is 257 Å². The lowest BCUT2D eigenvalue weighted by Gasteiger charge is -2.15. The molecule has 0 bridgehead atoms. The highest BCUT2D eigenvalue weighted by Gasteiger charge is 2.18. The van der Waals surface area contributed by atoms with Gasteiger partial charge in [0.2, 0.25) is 23.6 Å². The van der Waals surface area contributed by atoms with Crippen molar-refractivity contribution in [3.8, 4) is 0 Å². The minimum Gasteiger partial charge on any atom is -0.359 e. The number of hydrogen-bond acceptors (Lipinski definition) is 12. The number of hydrogen-bond donors (Lipinski definition) is 8. The van der Waals surface area contributed by atoms with Crippen LogP contribution in [0.15, 0.2) is 0 Å². The predicted octanol–water partition coefficient (Wildman–Crippen LogP) is 23.4. The van der Waals surface area contributed by atoms with E-state index >= 15 is 0 Å². The van der Waals surface area contributed by atoms with E-state index in [1.54, 1.807) is 21.1 Å². The van der Waals surface area contributed by atoms with Crippen LogP contribution in [-0.2, 0) is 38.4 Å². The van der Waals surface area contributed by atoms with Crippen molar-refractivity contribution < 1.29 is 38.4 Å². The summed E-state index contributed by atoms with van der Waals surface area (Å²) in [5.74, 6) is 2.46. The van der Waals surface area contributed by atoms with Crippen LogP contribution in [0.4, 0.5) is 0 Å². The van der Waals surface area contributed by atoms with E-state index in [9.17, 15) is 38.4 Å². The van der Waals surface area contributed by atoms with Gasteiger partial charge in [-0.2, -0.15) is 0 Å². The van der Waals surface area contributed by atoms with Gasteiger partial charge < -0.3 is 44.2 Å². The van der Waals surface area contributed by atoms with Gasteiger partial charge in [-0.3, -0.25) is 38.4 Å². The third-order valence-corrected chi connectivity index (χ3v) is 20.3. The molecule has 0 spiro atoms. The SMILES string of the molecule is CCCC(=O)C(C)CCCN.CCCCCCCC(=O)C(C)CCCN.CCCCCCCC(=O)NC.CCCCCCCCCCCC(=O)NC.CCCCCCCCCCCC(=O)NC.CCCCCCCCCCCC(=O)NC(CN)C(=O)CCC.CCCCCCCCCCCCC(=O)C(C)CCCN. The van der Waals surface area contributed by atoms with Crippen molar-refractivity contribution in [2.24, 2.45) is 40.7 Å². The first kappa shape index (κ1) is 119. The molecule has 0 saturated carbocycles. The van der Waals surface area contributed by atoms with E-state index in [1.807, 2.05) is 34.6 Å². The highest BCUT2D eigenvalue weighted by molar-refractivity contribution is 5.89. The van der Waals surface area contributed by atoms with Crippen LogP contribution in [0.3, 0.4) is 0 Å². The fourth-order valence-electron chi connectivity index (χ4n) is 12.4. The number of Topliss-reactive ketones (excluding diaryl/α,β-unsaturated/α-hetero) is 4. The Morgan fingerprint density at radius 3 is 0.596 bits per heavy atom. The normalized spacial score (nSPS) is 11.6. The first-order valence-corrected chi connectivity index (χ1v) is 46.6. The van der Waals surface area contributed by atoms with Crippen molar-refractivity contribution in [3.63, 3.8) is 0 Å². The molecule has 652 valence electrons. The van der Waals surface area contributed by atoms with Crippen molar-refractivity contribution in [3.05, 3.63) is 0 Å². The van der Waals surface area contributed by atoms with Crippen molar-refractivity contribution >= 4 is 46.8 Å². The van der Waals surface area contributed by atoms with Crippen LogP contribution >= 0.6 is 0 Å². The van der Waals surface area contributed by atoms with Crippen molar-refractivity contribution in [1.29, 1.82) is 0 Å². The smallest absolute Gasteiger partial charge is 0.220 e. The number of amides is 4. The predicted molar refractivity (Wildman–Crippen MR) is 474 cm³/mol. The summed E-state index contributed by atoms with van der Waals surface area (Å²) >= 11 is 0. The topological polar surface area (TPSA) is 289 Å². The minimum absolute atomic E-state index is 0.0390. The molecule has 4 amide bonds. The lowest BCUT2D eigenvalue weighted by Crippen LogP contribution is -2.45. The summed E-state index contributed by atoms with van der Waals surface area (Å²) < 4.78 is 0. The van der Waals surface area contributed by atoms with Gasteiger partial charge in [-0.1, -0.05) is 339 Å². The zero-order valence-electron chi connectivity index (χ0n) is 75.3. The average molecular weight is 1550 g/mol. The number of ketones is 4. The second kappa shape index (κ2) is 104. The minimum atomic E-state index is -0.494. The molecular formula is C93H192N8O8. The molecule has 16 nitrogen and oxygen atoms in total. The van der Waals surface area contributed by atoms with Gasteiger partial charge in [0.25, 0.3) is 0 Å². The maximum absolute atomic E-state index is 11.8. The van der Waals surface area contributed by atoms with Gasteiger partial charge in [0.1, 0.15) is 17.3 Å². The van der Waals surface area contributed by atoms with Crippen molar-refractivity contribution in [2.45, 2.75) is 487 Å². The summed E-state index contributed by atoms with van der Waals surface area (Å²) in [6.45, 7) is 25.8. The third kappa shape index (κ3) is 106. The van der Waals surface area contributed by atoms with Crippen LogP contribution in [0.5, 0.6) is 0 Å². The van der Waals surface area contributed by atoms with E-state index in [0.717, 1.165) is 116 Å². The number of nitrogens with two attached hydrogens (primary N) is 4. The number of rotatable bonds is 72. The summed E-state index contributed by atoms with van der Waals surface area (Å²) in [5, 5.41) is 10.7. The second-order valence-electron chi connectivity index (χ2n) is 31.2. The number of carbonyl (C=O) groups excluding carboxylic acids is 8. The molecule has 0 aliphatic rings. The Morgan fingerprint density at radius 1 is 0.220 bits per heavy atom. The molecule has 0 aliphatic carbocycles. The monoisotopic (exact) mass is 1550 g/mol. The first-order valence-electron chi connectivity index (χ1n) is 46.6. The summed E-state index contributed by atoms with van der Waals surface area (Å²) in [4.78, 5) is 90.8. The Balaban J connectivity index is -0.000000226. The summed E-state index contributed by atoms with van der Waals surface area (Å²) in [6, 6.07) is -0.494. The summed E-state index contributed by atoms with van der Waals surface area (Å²) in [7, 11) is 5.10. The van der Waals surface area contributed by atoms with E-state index in [4.69, 9.17) is 22.9 Å². The number of unbranched alkanes of at least 4 members (excludes halogenated alkanes) is 41. The van der Waals surface area contributed by atoms with E-state index in [2.05, 4.69) is 62.8 Å². The molecule has 16 heteroatoms. The fourth-order valence-corrected chi connectivity index (χ4v) is 12.4. The molecule has 0 rings (SSSR count). The largest absolute Gasteiger partial charge is 0.359 e. The van der Waals surface area contributed by atoms with Crippen LogP contribution in [-0.4, -0.2) is 100 Å². The van der Waals surface area contributed by atoms with E-state index in [0.29, 0.717) is 69.1 Å². The molecule has 12 N–H and O–H groups in total. The van der Waals surface area contributed by atoms with E-state index in [-0.39, 0.29) is 53.7 Å².